The van der Waals surface area contributed by atoms with Crippen molar-refractivity contribution in [1.82, 2.24) is 14.8 Å². The van der Waals surface area contributed by atoms with Crippen LogP contribution in [-0.2, 0) is 6.61 Å². The number of aliphatic hydroxyl groups is 1. The third-order valence-electron chi connectivity index (χ3n) is 3.26. The molecular weight excluding hydrogens is 302 g/mol. The van der Waals surface area contributed by atoms with Crippen LogP contribution in [0.2, 0.25) is 0 Å². The van der Waals surface area contributed by atoms with Gasteiger partial charge in [0.15, 0.2) is 17.5 Å². The highest BCUT2D eigenvalue weighted by molar-refractivity contribution is 5.57. The van der Waals surface area contributed by atoms with Crippen molar-refractivity contribution in [3.8, 4) is 5.69 Å². The lowest BCUT2D eigenvalue weighted by molar-refractivity contribution is 0.273. The number of hydrogen-bond donors (Lipinski definition) is 2. The molecule has 2 aromatic heterocycles. The number of nitrogens with one attached hydrogen (secondary N) is 1. The molecule has 5 nitrogen and oxygen atoms in total. The number of pyridine rings is 1. The van der Waals surface area contributed by atoms with Crippen molar-refractivity contribution < 1.29 is 13.9 Å². The first-order chi connectivity index (χ1) is 11.1. The van der Waals surface area contributed by atoms with Gasteiger partial charge in [-0.05, 0) is 31.2 Å². The van der Waals surface area contributed by atoms with Gasteiger partial charge in [-0.15, -0.1) is 5.10 Å². The minimum atomic E-state index is -0.943. The number of rotatable bonds is 4. The molecule has 1 aromatic carbocycles. The Hall–Kier alpha value is -2.80. The maximum absolute atomic E-state index is 13.3. The first-order valence-electron chi connectivity index (χ1n) is 6.92. The summed E-state index contributed by atoms with van der Waals surface area (Å²) in [6, 6.07) is 8.72. The summed E-state index contributed by atoms with van der Waals surface area (Å²) < 4.78 is 27.8. The third kappa shape index (κ3) is 3.19. The van der Waals surface area contributed by atoms with Crippen molar-refractivity contribution in [2.45, 2.75) is 13.5 Å². The van der Waals surface area contributed by atoms with Gasteiger partial charge < -0.3 is 10.4 Å². The van der Waals surface area contributed by atoms with Gasteiger partial charge in [0.2, 0.25) is 0 Å². The Kier molecular flexibility index (Phi) is 4.03. The van der Waals surface area contributed by atoms with E-state index in [-0.39, 0.29) is 6.61 Å². The fourth-order valence-electron chi connectivity index (χ4n) is 2.20. The SMILES string of the molecule is Cc1cc(-n2nc(Nc3ccc(F)c(F)c3)cc2CO)ccn1. The van der Waals surface area contributed by atoms with Crippen LogP contribution < -0.4 is 5.32 Å². The largest absolute Gasteiger partial charge is 0.390 e. The summed E-state index contributed by atoms with van der Waals surface area (Å²) in [5.41, 5.74) is 2.49. The van der Waals surface area contributed by atoms with Crippen LogP contribution in [0.1, 0.15) is 11.4 Å². The summed E-state index contributed by atoms with van der Waals surface area (Å²) in [6.45, 7) is 1.64. The van der Waals surface area contributed by atoms with Gasteiger partial charge in [0.25, 0.3) is 0 Å². The zero-order chi connectivity index (χ0) is 16.4. The third-order valence-corrected chi connectivity index (χ3v) is 3.26. The predicted octanol–water partition coefficient (Wildman–Crippen LogP) is 3.09. The van der Waals surface area contributed by atoms with E-state index in [0.29, 0.717) is 17.2 Å². The second-order valence-corrected chi connectivity index (χ2v) is 5.00. The van der Waals surface area contributed by atoms with E-state index in [4.69, 9.17) is 0 Å². The lowest BCUT2D eigenvalue weighted by Crippen LogP contribution is -2.03. The van der Waals surface area contributed by atoms with Crippen molar-refractivity contribution in [3.63, 3.8) is 0 Å². The van der Waals surface area contributed by atoms with Gasteiger partial charge in [-0.25, -0.2) is 13.5 Å². The Bertz CT molecular complexity index is 848. The summed E-state index contributed by atoms with van der Waals surface area (Å²) >= 11 is 0. The molecule has 3 aromatic rings. The molecule has 2 N–H and O–H groups in total. The van der Waals surface area contributed by atoms with Gasteiger partial charge in [0.1, 0.15) is 0 Å². The van der Waals surface area contributed by atoms with Crippen molar-refractivity contribution >= 4 is 11.5 Å². The minimum absolute atomic E-state index is 0.214. The second kappa shape index (κ2) is 6.13. The topological polar surface area (TPSA) is 63.0 Å². The molecule has 2 heterocycles. The van der Waals surface area contributed by atoms with Crippen LogP contribution in [0.5, 0.6) is 0 Å². The van der Waals surface area contributed by atoms with Crippen LogP contribution in [0.3, 0.4) is 0 Å². The predicted molar refractivity (Wildman–Crippen MR) is 81.7 cm³/mol. The van der Waals surface area contributed by atoms with Crippen molar-refractivity contribution in [2.75, 3.05) is 5.32 Å². The standard InChI is InChI=1S/C16H14F2N4O/c1-10-6-12(4-5-19-10)22-13(9-23)8-16(21-22)20-11-2-3-14(17)15(18)7-11/h2-8,23H,9H2,1H3,(H,20,21). The van der Waals surface area contributed by atoms with Gasteiger partial charge in [-0.2, -0.15) is 0 Å². The van der Waals surface area contributed by atoms with Crippen LogP contribution >= 0.6 is 0 Å². The Balaban J connectivity index is 1.94. The summed E-state index contributed by atoms with van der Waals surface area (Å²) in [7, 11) is 0. The normalized spacial score (nSPS) is 10.8. The zero-order valence-electron chi connectivity index (χ0n) is 12.3. The maximum atomic E-state index is 13.3. The molecule has 0 saturated carbocycles. The van der Waals surface area contributed by atoms with E-state index in [0.717, 1.165) is 23.5 Å². The lowest BCUT2D eigenvalue weighted by Gasteiger charge is -2.06. The molecule has 23 heavy (non-hydrogen) atoms. The molecule has 7 heteroatoms. The van der Waals surface area contributed by atoms with E-state index in [9.17, 15) is 13.9 Å². The van der Waals surface area contributed by atoms with E-state index in [1.807, 2.05) is 13.0 Å². The summed E-state index contributed by atoms with van der Waals surface area (Å²) in [6.07, 6.45) is 1.65. The molecule has 0 aliphatic carbocycles. The quantitative estimate of drug-likeness (QED) is 0.776. The molecule has 118 valence electrons. The molecule has 0 fully saturated rings. The number of anilines is 2. The van der Waals surface area contributed by atoms with Gasteiger partial charge >= 0.3 is 0 Å². The highest BCUT2D eigenvalue weighted by Crippen LogP contribution is 2.21. The molecule has 0 saturated heterocycles. The molecule has 0 radical (unpaired) electrons. The molecule has 0 aliphatic heterocycles. The van der Waals surface area contributed by atoms with Crippen LogP contribution in [0.25, 0.3) is 5.69 Å². The molecule has 3 rings (SSSR count). The average molecular weight is 316 g/mol. The Labute approximate surface area is 131 Å². The van der Waals surface area contributed by atoms with Crippen molar-refractivity contribution in [3.05, 3.63) is 65.6 Å². The average Bonchev–Trinajstić information content (AvgIpc) is 2.94. The van der Waals surface area contributed by atoms with Gasteiger partial charge in [-0.3, -0.25) is 4.98 Å². The molecule has 0 bridgehead atoms. The van der Waals surface area contributed by atoms with Crippen LogP contribution in [0.15, 0.2) is 42.6 Å². The first-order valence-corrected chi connectivity index (χ1v) is 6.92. The number of aromatic nitrogens is 3. The molecule has 0 unspecified atom stereocenters. The maximum Gasteiger partial charge on any atom is 0.160 e. The van der Waals surface area contributed by atoms with Crippen LogP contribution in [0.4, 0.5) is 20.3 Å². The monoisotopic (exact) mass is 316 g/mol. The van der Waals surface area contributed by atoms with Crippen LogP contribution in [0, 0.1) is 18.6 Å². The minimum Gasteiger partial charge on any atom is -0.390 e. The van der Waals surface area contributed by atoms with E-state index >= 15 is 0 Å². The number of hydrogen-bond acceptors (Lipinski definition) is 4. The van der Waals surface area contributed by atoms with Crippen molar-refractivity contribution in [2.24, 2.45) is 0 Å². The van der Waals surface area contributed by atoms with Gasteiger partial charge in [0, 0.05) is 29.7 Å². The zero-order valence-corrected chi connectivity index (χ0v) is 12.3. The molecule has 0 aliphatic rings. The number of nitrogens with zero attached hydrogens (tertiary/aromatic N) is 3. The van der Waals surface area contributed by atoms with Gasteiger partial charge in [-0.1, -0.05) is 0 Å². The highest BCUT2D eigenvalue weighted by atomic mass is 19.2. The van der Waals surface area contributed by atoms with E-state index in [1.54, 1.807) is 23.0 Å². The van der Waals surface area contributed by atoms with Crippen LogP contribution in [-0.4, -0.2) is 19.9 Å². The fraction of sp³-hybridized carbons (Fsp3) is 0.125. The smallest absolute Gasteiger partial charge is 0.160 e. The number of benzene rings is 1. The molecule has 0 atom stereocenters. The van der Waals surface area contributed by atoms with E-state index < -0.39 is 11.6 Å². The number of aliphatic hydroxyl groups excluding tert-OH is 1. The van der Waals surface area contributed by atoms with E-state index in [2.05, 4.69) is 15.4 Å². The van der Waals surface area contributed by atoms with E-state index in [1.165, 1.54) is 6.07 Å². The van der Waals surface area contributed by atoms with Crippen molar-refractivity contribution in [1.29, 1.82) is 0 Å². The fourth-order valence-corrected chi connectivity index (χ4v) is 2.20. The second-order valence-electron chi connectivity index (χ2n) is 5.00. The Morgan fingerprint density at radius 1 is 1.13 bits per heavy atom. The summed E-state index contributed by atoms with van der Waals surface area (Å²) in [4.78, 5) is 4.12. The summed E-state index contributed by atoms with van der Waals surface area (Å²) in [5.74, 6) is -1.44. The lowest BCUT2D eigenvalue weighted by atomic mass is 10.3. The number of aryl methyl sites for hydroxylation is 1. The Morgan fingerprint density at radius 3 is 2.65 bits per heavy atom. The molecule has 0 spiro atoms. The number of halogens is 2. The highest BCUT2D eigenvalue weighted by Gasteiger charge is 2.10. The molecular formula is C16H14F2N4O. The Morgan fingerprint density at radius 2 is 1.96 bits per heavy atom. The summed E-state index contributed by atoms with van der Waals surface area (Å²) in [5, 5.41) is 16.7. The van der Waals surface area contributed by atoms with Gasteiger partial charge in [0.05, 0.1) is 18.0 Å². The first kappa shape index (κ1) is 15.1. The molecule has 0 amide bonds.